The van der Waals surface area contributed by atoms with Gasteiger partial charge in [0.2, 0.25) is 0 Å². The Balaban J connectivity index is 2.16. The summed E-state index contributed by atoms with van der Waals surface area (Å²) in [5.74, 6) is 0. The standard InChI is InChI=1S/C17H23N5O3/c1-17(2,3)25-16(24)21-8-4-5-14(11-21)22(15(19)23)13-7-6-12(9-18)20-10-13/h6-7,10,14H,4-5,8,11H2,1-3H3,(H2,19,23)/t14-/m1/s1. The van der Waals surface area contributed by atoms with Crippen molar-refractivity contribution in [2.75, 3.05) is 18.0 Å². The molecule has 0 aliphatic carbocycles. The van der Waals surface area contributed by atoms with Gasteiger partial charge in [-0.1, -0.05) is 0 Å². The van der Waals surface area contributed by atoms with Crippen LogP contribution in [0.15, 0.2) is 18.3 Å². The highest BCUT2D eigenvalue weighted by molar-refractivity contribution is 5.91. The molecule has 1 aliphatic rings. The second-order valence-electron chi connectivity index (χ2n) is 6.94. The van der Waals surface area contributed by atoms with Crippen LogP contribution in [0.5, 0.6) is 0 Å². The SMILES string of the molecule is CC(C)(C)OC(=O)N1CCC[C@@H](N(C(N)=O)c2ccc(C#N)nc2)C1. The summed E-state index contributed by atoms with van der Waals surface area (Å²) in [7, 11) is 0. The molecule has 8 nitrogen and oxygen atoms in total. The van der Waals surface area contributed by atoms with E-state index in [9.17, 15) is 9.59 Å². The van der Waals surface area contributed by atoms with Crippen LogP contribution < -0.4 is 10.6 Å². The van der Waals surface area contributed by atoms with E-state index in [0.717, 1.165) is 6.42 Å². The Morgan fingerprint density at radius 2 is 2.16 bits per heavy atom. The van der Waals surface area contributed by atoms with Gasteiger partial charge in [-0.2, -0.15) is 5.26 Å². The third kappa shape index (κ3) is 4.83. The zero-order valence-corrected chi connectivity index (χ0v) is 14.7. The van der Waals surface area contributed by atoms with Gasteiger partial charge in [0.15, 0.2) is 0 Å². The number of nitriles is 1. The molecule has 0 spiro atoms. The van der Waals surface area contributed by atoms with E-state index in [-0.39, 0.29) is 11.7 Å². The predicted octanol–water partition coefficient (Wildman–Crippen LogP) is 2.24. The van der Waals surface area contributed by atoms with E-state index in [1.54, 1.807) is 11.0 Å². The Morgan fingerprint density at radius 1 is 1.44 bits per heavy atom. The van der Waals surface area contributed by atoms with Crippen molar-refractivity contribution in [1.82, 2.24) is 9.88 Å². The van der Waals surface area contributed by atoms with Crippen molar-refractivity contribution < 1.29 is 14.3 Å². The number of hydrogen-bond donors (Lipinski definition) is 1. The molecule has 2 rings (SSSR count). The van der Waals surface area contributed by atoms with E-state index in [1.165, 1.54) is 17.2 Å². The highest BCUT2D eigenvalue weighted by atomic mass is 16.6. The first-order valence-corrected chi connectivity index (χ1v) is 8.14. The van der Waals surface area contributed by atoms with Crippen LogP contribution in [0.2, 0.25) is 0 Å². The smallest absolute Gasteiger partial charge is 0.410 e. The monoisotopic (exact) mass is 345 g/mol. The number of nitrogens with two attached hydrogens (primary N) is 1. The first-order valence-electron chi connectivity index (χ1n) is 8.14. The second kappa shape index (κ2) is 7.38. The van der Waals surface area contributed by atoms with Gasteiger partial charge in [0, 0.05) is 13.1 Å². The van der Waals surface area contributed by atoms with Crippen LogP contribution in [-0.4, -0.2) is 46.7 Å². The fourth-order valence-electron chi connectivity index (χ4n) is 2.77. The molecule has 2 N–H and O–H groups in total. The number of carbonyl (C=O) groups is 2. The molecule has 1 aromatic rings. The van der Waals surface area contributed by atoms with Gasteiger partial charge in [0.25, 0.3) is 0 Å². The van der Waals surface area contributed by atoms with Crippen molar-refractivity contribution in [3.05, 3.63) is 24.0 Å². The summed E-state index contributed by atoms with van der Waals surface area (Å²) in [6.07, 6.45) is 2.48. The van der Waals surface area contributed by atoms with Gasteiger partial charge in [0.1, 0.15) is 17.4 Å². The summed E-state index contributed by atoms with van der Waals surface area (Å²) in [5.41, 5.74) is 5.73. The molecule has 2 heterocycles. The molecule has 0 saturated carbocycles. The van der Waals surface area contributed by atoms with Crippen LogP contribution in [0.4, 0.5) is 15.3 Å². The Morgan fingerprint density at radius 3 is 2.68 bits per heavy atom. The number of urea groups is 1. The summed E-state index contributed by atoms with van der Waals surface area (Å²) in [4.78, 5) is 31.3. The molecule has 1 fully saturated rings. The van der Waals surface area contributed by atoms with Crippen molar-refractivity contribution >= 4 is 17.8 Å². The Hall–Kier alpha value is -2.82. The van der Waals surface area contributed by atoms with Crippen molar-refractivity contribution in [2.45, 2.75) is 45.3 Å². The first-order chi connectivity index (χ1) is 11.7. The van der Waals surface area contributed by atoms with Crippen LogP contribution in [0, 0.1) is 11.3 Å². The zero-order valence-electron chi connectivity index (χ0n) is 14.7. The van der Waals surface area contributed by atoms with E-state index in [2.05, 4.69) is 4.98 Å². The number of nitrogens with zero attached hydrogens (tertiary/aromatic N) is 4. The fraction of sp³-hybridized carbons (Fsp3) is 0.529. The summed E-state index contributed by atoms with van der Waals surface area (Å²) >= 11 is 0. The van der Waals surface area contributed by atoms with Gasteiger partial charge in [-0.15, -0.1) is 0 Å². The second-order valence-corrected chi connectivity index (χ2v) is 6.94. The molecule has 0 unspecified atom stereocenters. The number of carbonyl (C=O) groups excluding carboxylic acids is 2. The number of rotatable bonds is 2. The number of hydrogen-bond acceptors (Lipinski definition) is 5. The Kier molecular flexibility index (Phi) is 5.47. The number of ether oxygens (including phenoxy) is 1. The quantitative estimate of drug-likeness (QED) is 0.883. The highest BCUT2D eigenvalue weighted by Gasteiger charge is 2.32. The topological polar surface area (TPSA) is 113 Å². The molecule has 1 saturated heterocycles. The minimum Gasteiger partial charge on any atom is -0.444 e. The summed E-state index contributed by atoms with van der Waals surface area (Å²) in [6, 6.07) is 4.19. The number of likely N-dealkylation sites (tertiary alicyclic amines) is 1. The number of aromatic nitrogens is 1. The van der Waals surface area contributed by atoms with Gasteiger partial charge >= 0.3 is 12.1 Å². The van der Waals surface area contributed by atoms with Crippen LogP contribution in [0.3, 0.4) is 0 Å². The van der Waals surface area contributed by atoms with Crippen molar-refractivity contribution in [2.24, 2.45) is 5.73 Å². The lowest BCUT2D eigenvalue weighted by molar-refractivity contribution is 0.0199. The van der Waals surface area contributed by atoms with Gasteiger partial charge in [-0.05, 0) is 45.7 Å². The summed E-state index contributed by atoms with van der Waals surface area (Å²) in [6.45, 7) is 6.33. The molecule has 3 amide bonds. The van der Waals surface area contributed by atoms with E-state index in [1.807, 2.05) is 26.8 Å². The maximum Gasteiger partial charge on any atom is 0.410 e. The Labute approximate surface area is 147 Å². The van der Waals surface area contributed by atoms with Gasteiger partial charge in [-0.25, -0.2) is 14.6 Å². The van der Waals surface area contributed by atoms with Crippen molar-refractivity contribution in [1.29, 1.82) is 5.26 Å². The zero-order chi connectivity index (χ0) is 18.6. The lowest BCUT2D eigenvalue weighted by Crippen LogP contribution is -2.54. The van der Waals surface area contributed by atoms with Crippen molar-refractivity contribution in [3.63, 3.8) is 0 Å². The van der Waals surface area contributed by atoms with Gasteiger partial charge in [0.05, 0.1) is 17.9 Å². The number of anilines is 1. The maximum atomic E-state index is 12.3. The largest absolute Gasteiger partial charge is 0.444 e. The fourth-order valence-corrected chi connectivity index (χ4v) is 2.77. The van der Waals surface area contributed by atoms with Crippen LogP contribution in [-0.2, 0) is 4.74 Å². The third-order valence-electron chi connectivity index (χ3n) is 3.79. The molecule has 1 aliphatic heterocycles. The average Bonchev–Trinajstić information content (AvgIpc) is 2.54. The van der Waals surface area contributed by atoms with Gasteiger partial charge < -0.3 is 15.4 Å². The molecule has 0 radical (unpaired) electrons. The van der Waals surface area contributed by atoms with E-state index in [0.29, 0.717) is 25.2 Å². The number of piperidine rings is 1. The molecule has 134 valence electrons. The van der Waals surface area contributed by atoms with Gasteiger partial charge in [-0.3, -0.25) is 4.90 Å². The molecular weight excluding hydrogens is 322 g/mol. The molecular formula is C17H23N5O3. The van der Waals surface area contributed by atoms with Crippen LogP contribution in [0.25, 0.3) is 0 Å². The molecule has 1 atom stereocenters. The lowest BCUT2D eigenvalue weighted by atomic mass is 10.0. The van der Waals surface area contributed by atoms with E-state index < -0.39 is 17.7 Å². The molecule has 8 heteroatoms. The minimum atomic E-state index is -0.623. The van der Waals surface area contributed by atoms with Crippen LogP contribution >= 0.6 is 0 Å². The first kappa shape index (κ1) is 18.5. The molecule has 0 bridgehead atoms. The molecule has 1 aromatic heterocycles. The van der Waals surface area contributed by atoms with E-state index >= 15 is 0 Å². The number of pyridine rings is 1. The summed E-state index contributed by atoms with van der Waals surface area (Å²) < 4.78 is 5.41. The molecule has 0 aromatic carbocycles. The highest BCUT2D eigenvalue weighted by Crippen LogP contribution is 2.24. The summed E-state index contributed by atoms with van der Waals surface area (Å²) in [5, 5.41) is 8.84. The minimum absolute atomic E-state index is 0.257. The molecule has 25 heavy (non-hydrogen) atoms. The number of amides is 3. The lowest BCUT2D eigenvalue weighted by Gasteiger charge is -2.38. The van der Waals surface area contributed by atoms with Crippen LogP contribution in [0.1, 0.15) is 39.3 Å². The Bertz CT molecular complexity index is 675. The maximum absolute atomic E-state index is 12.3. The number of primary amides is 1. The average molecular weight is 345 g/mol. The predicted molar refractivity (Wildman–Crippen MR) is 91.8 cm³/mol. The van der Waals surface area contributed by atoms with E-state index in [4.69, 9.17) is 15.7 Å². The normalized spacial score (nSPS) is 17.5. The third-order valence-corrected chi connectivity index (χ3v) is 3.79. The van der Waals surface area contributed by atoms with Crippen molar-refractivity contribution in [3.8, 4) is 6.07 Å².